The highest BCUT2D eigenvalue weighted by atomic mass is 32.1. The van der Waals surface area contributed by atoms with Crippen LogP contribution in [-0.4, -0.2) is 53.7 Å². The fraction of sp³-hybridized carbons (Fsp3) is 0.346. The number of hydrogen-bond acceptors (Lipinski definition) is 5. The van der Waals surface area contributed by atoms with Gasteiger partial charge in [-0.1, -0.05) is 30.3 Å². The molecule has 2 aliphatic rings. The van der Waals surface area contributed by atoms with Gasteiger partial charge in [0.15, 0.2) is 0 Å². The Hall–Kier alpha value is -3.03. The van der Waals surface area contributed by atoms with Crippen molar-refractivity contribution in [1.82, 2.24) is 15.1 Å². The van der Waals surface area contributed by atoms with Gasteiger partial charge in [0.1, 0.15) is 0 Å². The number of hydrogen-bond donors (Lipinski definition) is 1. The Kier molecular flexibility index (Phi) is 6.24. The minimum absolute atomic E-state index is 0.0461. The maximum atomic E-state index is 13.0. The number of rotatable bonds is 8. The van der Waals surface area contributed by atoms with Crippen molar-refractivity contribution >= 4 is 39.8 Å². The summed E-state index contributed by atoms with van der Waals surface area (Å²) in [7, 11) is 0. The van der Waals surface area contributed by atoms with E-state index in [1.165, 1.54) is 22.6 Å². The van der Waals surface area contributed by atoms with E-state index >= 15 is 0 Å². The highest BCUT2D eigenvalue weighted by Gasteiger charge is 2.32. The lowest BCUT2D eigenvalue weighted by Gasteiger charge is -2.28. The van der Waals surface area contributed by atoms with Gasteiger partial charge in [-0.25, -0.2) is 0 Å². The van der Waals surface area contributed by atoms with Gasteiger partial charge in [-0.3, -0.25) is 24.2 Å². The van der Waals surface area contributed by atoms with Crippen LogP contribution in [0.25, 0.3) is 10.8 Å². The minimum atomic E-state index is -0.281. The van der Waals surface area contributed by atoms with Gasteiger partial charge in [0.05, 0.1) is 6.04 Å². The van der Waals surface area contributed by atoms with E-state index in [1.54, 1.807) is 23.5 Å². The van der Waals surface area contributed by atoms with Crippen molar-refractivity contribution in [3.63, 3.8) is 0 Å². The topological polar surface area (TPSA) is 69.7 Å². The molecular formula is C26H27N3O3S. The Morgan fingerprint density at radius 1 is 0.970 bits per heavy atom. The van der Waals surface area contributed by atoms with E-state index in [0.717, 1.165) is 23.9 Å². The molecule has 33 heavy (non-hydrogen) atoms. The first-order chi connectivity index (χ1) is 16.1. The summed E-state index contributed by atoms with van der Waals surface area (Å²) in [5, 5.41) is 6.77. The number of nitrogens with zero attached hydrogens (tertiary/aromatic N) is 2. The Morgan fingerprint density at radius 3 is 2.30 bits per heavy atom. The molecule has 1 N–H and O–H groups in total. The van der Waals surface area contributed by atoms with E-state index in [4.69, 9.17) is 0 Å². The summed E-state index contributed by atoms with van der Waals surface area (Å²) in [4.78, 5) is 43.5. The number of carbonyl (C=O) groups is 3. The summed E-state index contributed by atoms with van der Waals surface area (Å²) in [6.07, 6.45) is 3.12. The monoisotopic (exact) mass is 461 g/mol. The molecule has 1 unspecified atom stereocenters. The molecule has 0 spiro atoms. The van der Waals surface area contributed by atoms with E-state index in [1.807, 2.05) is 24.3 Å². The second-order valence-corrected chi connectivity index (χ2v) is 9.63. The molecule has 0 saturated carbocycles. The number of likely N-dealkylation sites (tertiary alicyclic amines) is 1. The summed E-state index contributed by atoms with van der Waals surface area (Å²) < 4.78 is 0. The van der Waals surface area contributed by atoms with Crippen molar-refractivity contribution in [2.75, 3.05) is 26.2 Å². The number of amides is 3. The van der Waals surface area contributed by atoms with Gasteiger partial charge in [-0.2, -0.15) is 0 Å². The molecule has 170 valence electrons. The average Bonchev–Trinajstić information content (AvgIpc) is 3.55. The molecule has 3 aromatic rings. The standard InChI is InChI=1S/C26H27N3O3S/c30-23(27-17-21(22-11-6-16-33-22)28-13-1-2-14-28)12-5-15-29-25(31)19-9-3-7-18-8-4-10-20(24(18)19)26(29)32/h3-4,6-11,16,21H,1-2,5,12-15,17H2,(H,27,30). The van der Waals surface area contributed by atoms with E-state index < -0.39 is 0 Å². The van der Waals surface area contributed by atoms with Crippen molar-refractivity contribution in [3.8, 4) is 0 Å². The fourth-order valence-electron chi connectivity index (χ4n) is 4.92. The normalized spacial score (nSPS) is 17.0. The third kappa shape index (κ3) is 4.30. The summed E-state index contributed by atoms with van der Waals surface area (Å²) in [5.41, 5.74) is 1.10. The first-order valence-electron chi connectivity index (χ1n) is 11.6. The molecule has 2 aromatic carbocycles. The summed E-state index contributed by atoms with van der Waals surface area (Å²) in [6, 6.07) is 15.4. The third-order valence-corrected chi connectivity index (χ3v) is 7.56. The Morgan fingerprint density at radius 2 is 1.67 bits per heavy atom. The average molecular weight is 462 g/mol. The molecule has 3 heterocycles. The Balaban J connectivity index is 1.18. The van der Waals surface area contributed by atoms with Crippen LogP contribution in [0.2, 0.25) is 0 Å². The fourth-order valence-corrected chi connectivity index (χ4v) is 5.78. The van der Waals surface area contributed by atoms with E-state index in [-0.39, 0.29) is 36.7 Å². The van der Waals surface area contributed by atoms with Gasteiger partial charge in [0.2, 0.25) is 5.91 Å². The van der Waals surface area contributed by atoms with Crippen LogP contribution in [0, 0.1) is 0 Å². The lowest BCUT2D eigenvalue weighted by molar-refractivity contribution is -0.121. The summed E-state index contributed by atoms with van der Waals surface area (Å²) in [6.45, 7) is 2.93. The first kappa shape index (κ1) is 21.8. The predicted octanol–water partition coefficient (Wildman–Crippen LogP) is 4.23. The van der Waals surface area contributed by atoms with Crippen LogP contribution >= 0.6 is 11.3 Å². The van der Waals surface area contributed by atoms with Crippen LogP contribution in [0.4, 0.5) is 0 Å². The molecule has 1 atom stereocenters. The molecule has 1 aromatic heterocycles. The second-order valence-electron chi connectivity index (χ2n) is 8.65. The first-order valence-corrected chi connectivity index (χ1v) is 12.4. The highest BCUT2D eigenvalue weighted by molar-refractivity contribution is 7.10. The highest BCUT2D eigenvalue weighted by Crippen LogP contribution is 2.30. The van der Waals surface area contributed by atoms with Crippen LogP contribution in [0.5, 0.6) is 0 Å². The van der Waals surface area contributed by atoms with E-state index in [2.05, 4.69) is 27.7 Å². The SMILES string of the molecule is O=C(CCCN1C(=O)c2cccc3cccc(c23)C1=O)NCC(c1cccs1)N1CCCC1. The van der Waals surface area contributed by atoms with Crippen LogP contribution in [0.3, 0.4) is 0 Å². The summed E-state index contributed by atoms with van der Waals surface area (Å²) in [5.74, 6) is -0.608. The second kappa shape index (κ2) is 9.45. The van der Waals surface area contributed by atoms with Gasteiger partial charge in [-0.15, -0.1) is 11.3 Å². The Bertz CT molecular complexity index is 1130. The number of imide groups is 1. The molecule has 2 aliphatic heterocycles. The number of nitrogens with one attached hydrogen (secondary N) is 1. The predicted molar refractivity (Wildman–Crippen MR) is 129 cm³/mol. The zero-order valence-electron chi connectivity index (χ0n) is 18.5. The van der Waals surface area contributed by atoms with Crippen molar-refractivity contribution in [2.24, 2.45) is 0 Å². The quantitative estimate of drug-likeness (QED) is 0.510. The minimum Gasteiger partial charge on any atom is -0.354 e. The van der Waals surface area contributed by atoms with Crippen molar-refractivity contribution in [1.29, 1.82) is 0 Å². The molecular weight excluding hydrogens is 434 g/mol. The molecule has 1 fully saturated rings. The number of carbonyl (C=O) groups excluding carboxylic acids is 3. The smallest absolute Gasteiger partial charge is 0.261 e. The molecule has 7 heteroatoms. The lowest BCUT2D eigenvalue weighted by Crippen LogP contribution is -2.41. The van der Waals surface area contributed by atoms with Gasteiger partial charge >= 0.3 is 0 Å². The van der Waals surface area contributed by atoms with Crippen molar-refractivity contribution in [3.05, 3.63) is 69.9 Å². The van der Waals surface area contributed by atoms with Crippen LogP contribution in [0.1, 0.15) is 57.3 Å². The molecule has 0 bridgehead atoms. The van der Waals surface area contributed by atoms with Gasteiger partial charge in [0, 0.05) is 40.9 Å². The lowest BCUT2D eigenvalue weighted by atomic mass is 9.94. The largest absolute Gasteiger partial charge is 0.354 e. The number of benzene rings is 2. The molecule has 0 radical (unpaired) electrons. The molecule has 0 aliphatic carbocycles. The molecule has 1 saturated heterocycles. The van der Waals surface area contributed by atoms with Crippen LogP contribution < -0.4 is 5.32 Å². The van der Waals surface area contributed by atoms with E-state index in [0.29, 0.717) is 24.1 Å². The van der Waals surface area contributed by atoms with Gasteiger partial charge in [0.25, 0.3) is 11.8 Å². The van der Waals surface area contributed by atoms with Crippen molar-refractivity contribution in [2.45, 2.75) is 31.7 Å². The summed E-state index contributed by atoms with van der Waals surface area (Å²) >= 11 is 1.72. The van der Waals surface area contributed by atoms with Crippen LogP contribution in [-0.2, 0) is 4.79 Å². The van der Waals surface area contributed by atoms with E-state index in [9.17, 15) is 14.4 Å². The van der Waals surface area contributed by atoms with Gasteiger partial charge < -0.3 is 5.32 Å². The van der Waals surface area contributed by atoms with Crippen molar-refractivity contribution < 1.29 is 14.4 Å². The number of thiophene rings is 1. The Labute approximate surface area is 197 Å². The maximum absolute atomic E-state index is 13.0. The third-order valence-electron chi connectivity index (χ3n) is 6.59. The zero-order chi connectivity index (χ0) is 22.8. The molecule has 3 amide bonds. The van der Waals surface area contributed by atoms with Gasteiger partial charge in [-0.05, 0) is 61.3 Å². The van der Waals surface area contributed by atoms with Crippen LogP contribution in [0.15, 0.2) is 53.9 Å². The zero-order valence-corrected chi connectivity index (χ0v) is 19.3. The maximum Gasteiger partial charge on any atom is 0.261 e. The molecule has 6 nitrogen and oxygen atoms in total. The molecule has 5 rings (SSSR count).